The van der Waals surface area contributed by atoms with Gasteiger partial charge in [-0.05, 0) is 32.3 Å². The maximum atomic E-state index is 11.6. The Bertz CT molecular complexity index is 751. The molecule has 2 saturated heterocycles. The highest BCUT2D eigenvalue weighted by Crippen LogP contribution is 2.18. The van der Waals surface area contributed by atoms with Crippen LogP contribution < -0.4 is 10.2 Å². The van der Waals surface area contributed by atoms with E-state index in [1.165, 1.54) is 0 Å². The molecule has 0 spiro atoms. The molecule has 1 unspecified atom stereocenters. The highest BCUT2D eigenvalue weighted by atomic mass is 32.2. The summed E-state index contributed by atoms with van der Waals surface area (Å²) in [6, 6.07) is 1.98. The first-order valence-electron chi connectivity index (χ1n) is 9.09. The predicted molar refractivity (Wildman–Crippen MR) is 103 cm³/mol. The molecule has 2 fully saturated rings. The van der Waals surface area contributed by atoms with Gasteiger partial charge < -0.3 is 15.1 Å². The molecular formula is C17H28N6O2S. The molecule has 0 amide bonds. The largest absolute Gasteiger partial charge is 0.356 e. The number of guanidine groups is 1. The van der Waals surface area contributed by atoms with Gasteiger partial charge in [-0.15, -0.1) is 0 Å². The molecule has 26 heavy (non-hydrogen) atoms. The summed E-state index contributed by atoms with van der Waals surface area (Å²) in [5.41, 5.74) is 1.97. The van der Waals surface area contributed by atoms with E-state index in [4.69, 9.17) is 0 Å². The van der Waals surface area contributed by atoms with Crippen molar-refractivity contribution in [3.63, 3.8) is 0 Å². The Hall–Kier alpha value is -1.90. The first kappa shape index (κ1) is 18.9. The number of rotatable bonds is 3. The highest BCUT2D eigenvalue weighted by molar-refractivity contribution is 7.91. The number of aliphatic imine (C=N–C) groups is 1. The normalized spacial score (nSPS) is 23.3. The van der Waals surface area contributed by atoms with Crippen molar-refractivity contribution in [1.29, 1.82) is 0 Å². The zero-order chi connectivity index (χ0) is 18.7. The van der Waals surface area contributed by atoms with Crippen LogP contribution >= 0.6 is 0 Å². The van der Waals surface area contributed by atoms with E-state index in [-0.39, 0.29) is 11.7 Å². The van der Waals surface area contributed by atoms with Gasteiger partial charge in [0.2, 0.25) is 5.95 Å². The number of sulfone groups is 1. The van der Waals surface area contributed by atoms with Gasteiger partial charge in [0.15, 0.2) is 15.8 Å². The molecule has 3 heterocycles. The van der Waals surface area contributed by atoms with E-state index in [2.05, 4.69) is 30.1 Å². The fraction of sp³-hybridized carbons (Fsp3) is 0.706. The van der Waals surface area contributed by atoms with E-state index >= 15 is 0 Å². The minimum absolute atomic E-state index is 0.182. The molecule has 0 saturated carbocycles. The lowest BCUT2D eigenvalue weighted by Gasteiger charge is -2.36. The second kappa shape index (κ2) is 7.77. The number of nitrogens with zero attached hydrogens (tertiary/aromatic N) is 5. The van der Waals surface area contributed by atoms with Gasteiger partial charge in [-0.25, -0.2) is 18.4 Å². The van der Waals surface area contributed by atoms with Gasteiger partial charge in [0.1, 0.15) is 0 Å². The Kier molecular flexibility index (Phi) is 5.64. The third-order valence-electron chi connectivity index (χ3n) is 4.92. The molecule has 8 nitrogen and oxygen atoms in total. The SMILES string of the molecule is CN=C(NCC1CCS(=O)(=O)C1)N1CCN(c2nc(C)cc(C)n2)CC1. The summed E-state index contributed by atoms with van der Waals surface area (Å²) in [7, 11) is -1.06. The highest BCUT2D eigenvalue weighted by Gasteiger charge is 2.28. The number of aryl methyl sites for hydroxylation is 2. The zero-order valence-electron chi connectivity index (χ0n) is 15.8. The standard InChI is InChI=1S/C17H28N6O2S/c1-13-10-14(2)21-17(20-13)23-7-5-22(6-8-23)16(18-3)19-11-15-4-9-26(24,25)12-15/h10,15H,4-9,11-12H2,1-3H3,(H,18,19). The first-order valence-corrected chi connectivity index (χ1v) is 10.9. The lowest BCUT2D eigenvalue weighted by Crippen LogP contribution is -2.53. The zero-order valence-corrected chi connectivity index (χ0v) is 16.6. The van der Waals surface area contributed by atoms with Crippen LogP contribution in [0.1, 0.15) is 17.8 Å². The van der Waals surface area contributed by atoms with E-state index in [9.17, 15) is 8.42 Å². The molecule has 1 aromatic heterocycles. The Balaban J connectivity index is 1.53. The number of hydrogen-bond acceptors (Lipinski definition) is 6. The van der Waals surface area contributed by atoms with Crippen molar-refractivity contribution in [2.24, 2.45) is 10.9 Å². The van der Waals surface area contributed by atoms with Crippen LogP contribution in [-0.4, -0.2) is 80.5 Å². The van der Waals surface area contributed by atoms with Crippen molar-refractivity contribution >= 4 is 21.7 Å². The molecule has 3 rings (SSSR count). The van der Waals surface area contributed by atoms with Gasteiger partial charge in [-0.2, -0.15) is 0 Å². The minimum atomic E-state index is -2.83. The van der Waals surface area contributed by atoms with Gasteiger partial charge in [0.05, 0.1) is 11.5 Å². The Morgan fingerprint density at radius 2 is 1.88 bits per heavy atom. The minimum Gasteiger partial charge on any atom is -0.356 e. The molecule has 0 radical (unpaired) electrons. The Morgan fingerprint density at radius 1 is 1.23 bits per heavy atom. The molecule has 0 aliphatic carbocycles. The van der Waals surface area contributed by atoms with Crippen LogP contribution in [0.15, 0.2) is 11.1 Å². The fourth-order valence-electron chi connectivity index (χ4n) is 3.57. The second-order valence-corrected chi connectivity index (χ2v) is 9.35. The second-order valence-electron chi connectivity index (χ2n) is 7.12. The van der Waals surface area contributed by atoms with E-state index in [0.717, 1.165) is 55.9 Å². The van der Waals surface area contributed by atoms with Crippen LogP contribution in [0.25, 0.3) is 0 Å². The summed E-state index contributed by atoms with van der Waals surface area (Å²) in [6.07, 6.45) is 0.740. The summed E-state index contributed by atoms with van der Waals surface area (Å²) < 4.78 is 23.2. The smallest absolute Gasteiger partial charge is 0.225 e. The van der Waals surface area contributed by atoms with Gasteiger partial charge in [0, 0.05) is 51.2 Å². The van der Waals surface area contributed by atoms with Crippen LogP contribution in [0.4, 0.5) is 5.95 Å². The third kappa shape index (κ3) is 4.63. The van der Waals surface area contributed by atoms with Crippen molar-refractivity contribution in [1.82, 2.24) is 20.2 Å². The van der Waals surface area contributed by atoms with Crippen molar-refractivity contribution in [3.05, 3.63) is 17.5 Å². The predicted octanol–water partition coefficient (Wildman–Crippen LogP) is 0.226. The van der Waals surface area contributed by atoms with Gasteiger partial charge in [-0.3, -0.25) is 4.99 Å². The van der Waals surface area contributed by atoms with Gasteiger partial charge in [-0.1, -0.05) is 0 Å². The molecule has 2 aliphatic rings. The van der Waals surface area contributed by atoms with E-state index in [0.29, 0.717) is 12.3 Å². The fourth-order valence-corrected chi connectivity index (χ4v) is 5.43. The van der Waals surface area contributed by atoms with Crippen LogP contribution in [-0.2, 0) is 9.84 Å². The molecular weight excluding hydrogens is 352 g/mol. The molecule has 144 valence electrons. The molecule has 9 heteroatoms. The molecule has 1 N–H and O–H groups in total. The van der Waals surface area contributed by atoms with E-state index in [1.807, 2.05) is 19.9 Å². The van der Waals surface area contributed by atoms with Crippen LogP contribution in [0.2, 0.25) is 0 Å². The first-order chi connectivity index (χ1) is 12.4. The number of anilines is 1. The quantitative estimate of drug-likeness (QED) is 0.593. The molecule has 0 aromatic carbocycles. The van der Waals surface area contributed by atoms with Crippen molar-refractivity contribution < 1.29 is 8.42 Å². The molecule has 0 bridgehead atoms. The lowest BCUT2D eigenvalue weighted by molar-refractivity contribution is 0.367. The molecule has 1 aromatic rings. The van der Waals surface area contributed by atoms with Gasteiger partial charge in [0.25, 0.3) is 0 Å². The third-order valence-corrected chi connectivity index (χ3v) is 6.76. The monoisotopic (exact) mass is 380 g/mol. The van der Waals surface area contributed by atoms with Crippen molar-refractivity contribution in [3.8, 4) is 0 Å². The Labute approximate surface area is 155 Å². The maximum absolute atomic E-state index is 11.6. The maximum Gasteiger partial charge on any atom is 0.225 e. The van der Waals surface area contributed by atoms with Crippen LogP contribution in [0.5, 0.6) is 0 Å². The summed E-state index contributed by atoms with van der Waals surface area (Å²) in [5, 5.41) is 3.35. The average molecular weight is 381 g/mol. The summed E-state index contributed by atoms with van der Waals surface area (Å²) in [4.78, 5) is 17.9. The van der Waals surface area contributed by atoms with E-state index in [1.54, 1.807) is 7.05 Å². The van der Waals surface area contributed by atoms with E-state index < -0.39 is 9.84 Å². The number of hydrogen-bond donors (Lipinski definition) is 1. The number of nitrogens with one attached hydrogen (secondary N) is 1. The summed E-state index contributed by atoms with van der Waals surface area (Å²) in [5.74, 6) is 2.42. The molecule has 1 atom stereocenters. The molecule has 2 aliphatic heterocycles. The lowest BCUT2D eigenvalue weighted by atomic mass is 10.1. The average Bonchev–Trinajstić information content (AvgIpc) is 2.94. The van der Waals surface area contributed by atoms with Crippen LogP contribution in [0, 0.1) is 19.8 Å². The number of piperazine rings is 1. The number of aromatic nitrogens is 2. The Morgan fingerprint density at radius 3 is 2.42 bits per heavy atom. The summed E-state index contributed by atoms with van der Waals surface area (Å²) >= 11 is 0. The topological polar surface area (TPSA) is 90.8 Å². The van der Waals surface area contributed by atoms with Crippen LogP contribution in [0.3, 0.4) is 0 Å². The van der Waals surface area contributed by atoms with Crippen molar-refractivity contribution in [2.75, 3.05) is 56.2 Å². The van der Waals surface area contributed by atoms with Gasteiger partial charge >= 0.3 is 0 Å². The van der Waals surface area contributed by atoms with Crippen molar-refractivity contribution in [2.45, 2.75) is 20.3 Å². The summed E-state index contributed by atoms with van der Waals surface area (Å²) in [6.45, 7) is 7.97.